The largest absolute Gasteiger partial charge is 0.341 e. The van der Waals surface area contributed by atoms with E-state index < -0.39 is 12.1 Å². The monoisotopic (exact) mass is 333 g/mol. The Hall–Kier alpha value is -1.88. The van der Waals surface area contributed by atoms with Gasteiger partial charge in [-0.05, 0) is 36.8 Å². The van der Waals surface area contributed by atoms with E-state index in [1.54, 1.807) is 6.92 Å². The van der Waals surface area contributed by atoms with Crippen LogP contribution in [0.2, 0.25) is 0 Å². The van der Waals surface area contributed by atoms with E-state index in [2.05, 4.69) is 61.0 Å². The molecule has 0 unspecified atom stereocenters. The minimum atomic E-state index is -0.491. The highest BCUT2D eigenvalue weighted by atomic mass is 16.2. The van der Waals surface area contributed by atoms with Crippen molar-refractivity contribution in [1.29, 1.82) is 0 Å². The quantitative estimate of drug-likeness (QED) is 0.684. The van der Waals surface area contributed by atoms with Crippen molar-refractivity contribution in [2.24, 2.45) is 5.92 Å². The Morgan fingerprint density at radius 2 is 1.71 bits per heavy atom. The number of imide groups is 1. The highest BCUT2D eigenvalue weighted by Crippen LogP contribution is 2.23. The van der Waals surface area contributed by atoms with Gasteiger partial charge in [0.1, 0.15) is 0 Å². The molecule has 0 fully saturated rings. The Labute approximate surface area is 145 Å². The third-order valence-electron chi connectivity index (χ3n) is 4.11. The fourth-order valence-electron chi connectivity index (χ4n) is 2.57. The van der Waals surface area contributed by atoms with Crippen molar-refractivity contribution in [3.8, 4) is 0 Å². The SMILES string of the molecule is CCCCc1ccc([C@@H](N[C@H](C)C(=O)NC(=O)NC)C(C)C)cc1. The zero-order valence-corrected chi connectivity index (χ0v) is 15.5. The predicted molar refractivity (Wildman–Crippen MR) is 97.8 cm³/mol. The van der Waals surface area contributed by atoms with Gasteiger partial charge in [-0.2, -0.15) is 0 Å². The standard InChI is InChI=1S/C19H31N3O2/c1-6-7-8-15-9-11-16(12-10-15)17(13(2)3)21-14(4)18(23)22-19(24)20-5/h9-14,17,21H,6-8H2,1-5H3,(H2,20,22,23,24)/t14-,17+/m1/s1. The van der Waals surface area contributed by atoms with Gasteiger partial charge in [-0.1, -0.05) is 51.5 Å². The summed E-state index contributed by atoms with van der Waals surface area (Å²) in [5.74, 6) is -0.0127. The van der Waals surface area contributed by atoms with Crippen molar-refractivity contribution in [2.45, 2.75) is 59.0 Å². The van der Waals surface area contributed by atoms with Crippen molar-refractivity contribution in [3.63, 3.8) is 0 Å². The molecule has 3 N–H and O–H groups in total. The lowest BCUT2D eigenvalue weighted by molar-refractivity contribution is -0.121. The van der Waals surface area contributed by atoms with E-state index in [4.69, 9.17) is 0 Å². The van der Waals surface area contributed by atoms with Crippen LogP contribution in [0.1, 0.15) is 57.7 Å². The van der Waals surface area contributed by atoms with Crippen LogP contribution < -0.4 is 16.0 Å². The van der Waals surface area contributed by atoms with E-state index in [9.17, 15) is 9.59 Å². The minimum absolute atomic E-state index is 0.0515. The molecular weight excluding hydrogens is 302 g/mol. The van der Waals surface area contributed by atoms with Gasteiger partial charge in [-0.3, -0.25) is 15.4 Å². The molecule has 0 aromatic heterocycles. The lowest BCUT2D eigenvalue weighted by Crippen LogP contribution is -2.48. The highest BCUT2D eigenvalue weighted by Gasteiger charge is 2.22. The molecule has 3 amide bonds. The molecule has 1 aromatic carbocycles. The third kappa shape index (κ3) is 6.32. The average molecular weight is 333 g/mol. The average Bonchev–Trinajstić information content (AvgIpc) is 2.57. The van der Waals surface area contributed by atoms with Crippen molar-refractivity contribution in [1.82, 2.24) is 16.0 Å². The van der Waals surface area contributed by atoms with Crippen LogP contribution in [0.25, 0.3) is 0 Å². The van der Waals surface area contributed by atoms with Gasteiger partial charge in [-0.15, -0.1) is 0 Å². The number of rotatable bonds is 8. The molecule has 0 aliphatic heterocycles. The van der Waals surface area contributed by atoms with Crippen molar-refractivity contribution in [3.05, 3.63) is 35.4 Å². The Morgan fingerprint density at radius 3 is 2.21 bits per heavy atom. The smallest absolute Gasteiger partial charge is 0.321 e. The zero-order chi connectivity index (χ0) is 18.1. The molecule has 0 spiro atoms. The Morgan fingerprint density at radius 1 is 1.08 bits per heavy atom. The summed E-state index contributed by atoms with van der Waals surface area (Å²) in [4.78, 5) is 23.3. The maximum atomic E-state index is 12.0. The van der Waals surface area contributed by atoms with Crippen LogP contribution in [0.15, 0.2) is 24.3 Å². The van der Waals surface area contributed by atoms with Gasteiger partial charge >= 0.3 is 6.03 Å². The van der Waals surface area contributed by atoms with Gasteiger partial charge in [0.2, 0.25) is 5.91 Å². The first-order chi connectivity index (χ1) is 11.4. The van der Waals surface area contributed by atoms with Crippen molar-refractivity contribution < 1.29 is 9.59 Å². The van der Waals surface area contributed by atoms with Gasteiger partial charge in [0.25, 0.3) is 0 Å². The lowest BCUT2D eigenvalue weighted by atomic mass is 9.94. The Bertz CT molecular complexity index is 526. The summed E-state index contributed by atoms with van der Waals surface area (Å²) < 4.78 is 0. The number of urea groups is 1. The minimum Gasteiger partial charge on any atom is -0.341 e. The summed E-state index contributed by atoms with van der Waals surface area (Å²) >= 11 is 0. The van der Waals surface area contributed by atoms with Crippen LogP contribution in [0.3, 0.4) is 0 Å². The molecule has 5 nitrogen and oxygen atoms in total. The van der Waals surface area contributed by atoms with E-state index in [-0.39, 0.29) is 11.9 Å². The molecule has 134 valence electrons. The van der Waals surface area contributed by atoms with E-state index in [1.165, 1.54) is 25.5 Å². The molecule has 0 saturated heterocycles. The number of unbranched alkanes of at least 4 members (excludes halogenated alkanes) is 1. The molecular formula is C19H31N3O2. The number of carbonyl (C=O) groups excluding carboxylic acids is 2. The van der Waals surface area contributed by atoms with Crippen LogP contribution in [0, 0.1) is 5.92 Å². The topological polar surface area (TPSA) is 70.2 Å². The number of hydrogen-bond donors (Lipinski definition) is 3. The Balaban J connectivity index is 2.76. The summed E-state index contributed by atoms with van der Waals surface area (Å²) in [5.41, 5.74) is 2.50. The van der Waals surface area contributed by atoms with Gasteiger partial charge in [0, 0.05) is 13.1 Å². The maximum absolute atomic E-state index is 12.0. The first kappa shape index (κ1) is 20.2. The summed E-state index contributed by atoms with van der Waals surface area (Å²) in [5, 5.41) is 8.02. The third-order valence-corrected chi connectivity index (χ3v) is 4.11. The molecule has 0 aliphatic carbocycles. The Kier molecular flexibility index (Phi) is 8.47. The fourth-order valence-corrected chi connectivity index (χ4v) is 2.57. The molecule has 24 heavy (non-hydrogen) atoms. The van der Waals surface area contributed by atoms with E-state index in [1.807, 2.05) is 0 Å². The number of aryl methyl sites for hydroxylation is 1. The number of nitrogens with one attached hydrogen (secondary N) is 3. The van der Waals surface area contributed by atoms with Crippen LogP contribution in [-0.2, 0) is 11.2 Å². The van der Waals surface area contributed by atoms with Gasteiger partial charge in [-0.25, -0.2) is 4.79 Å². The second kappa shape index (κ2) is 10.1. The molecule has 2 atom stereocenters. The van der Waals surface area contributed by atoms with E-state index in [0.717, 1.165) is 12.0 Å². The highest BCUT2D eigenvalue weighted by molar-refractivity contribution is 5.96. The van der Waals surface area contributed by atoms with Crippen LogP contribution >= 0.6 is 0 Å². The van der Waals surface area contributed by atoms with Crippen LogP contribution in [0.5, 0.6) is 0 Å². The van der Waals surface area contributed by atoms with Gasteiger partial charge in [0.05, 0.1) is 6.04 Å². The van der Waals surface area contributed by atoms with Crippen LogP contribution in [-0.4, -0.2) is 25.0 Å². The number of hydrogen-bond acceptors (Lipinski definition) is 3. The first-order valence-corrected chi connectivity index (χ1v) is 8.76. The second-order valence-corrected chi connectivity index (χ2v) is 6.52. The summed E-state index contributed by atoms with van der Waals surface area (Å²) in [6.07, 6.45) is 3.49. The lowest BCUT2D eigenvalue weighted by Gasteiger charge is -2.26. The van der Waals surface area contributed by atoms with E-state index >= 15 is 0 Å². The van der Waals surface area contributed by atoms with Crippen molar-refractivity contribution in [2.75, 3.05) is 7.05 Å². The maximum Gasteiger partial charge on any atom is 0.321 e. The summed E-state index contributed by atoms with van der Waals surface area (Å²) in [7, 11) is 1.48. The second-order valence-electron chi connectivity index (χ2n) is 6.52. The van der Waals surface area contributed by atoms with Gasteiger partial charge in [0.15, 0.2) is 0 Å². The number of benzene rings is 1. The normalized spacial score (nSPS) is 13.4. The van der Waals surface area contributed by atoms with Crippen molar-refractivity contribution >= 4 is 11.9 Å². The molecule has 5 heteroatoms. The summed E-state index contributed by atoms with van der Waals surface area (Å²) in [6, 6.07) is 7.69. The van der Waals surface area contributed by atoms with E-state index in [0.29, 0.717) is 5.92 Å². The first-order valence-electron chi connectivity index (χ1n) is 8.76. The molecule has 0 aliphatic rings. The molecule has 0 radical (unpaired) electrons. The zero-order valence-electron chi connectivity index (χ0n) is 15.5. The summed E-state index contributed by atoms with van der Waals surface area (Å²) in [6.45, 7) is 8.19. The molecule has 1 rings (SSSR count). The predicted octanol–water partition coefficient (Wildman–Crippen LogP) is 3.16. The van der Waals surface area contributed by atoms with Crippen LogP contribution in [0.4, 0.5) is 4.79 Å². The molecule has 0 saturated carbocycles. The molecule has 1 aromatic rings. The fraction of sp³-hybridized carbons (Fsp3) is 0.579. The number of carbonyl (C=O) groups is 2. The van der Waals surface area contributed by atoms with Gasteiger partial charge < -0.3 is 5.32 Å². The number of amides is 3. The molecule has 0 heterocycles. The molecule has 0 bridgehead atoms.